The van der Waals surface area contributed by atoms with E-state index >= 15 is 0 Å². The molecule has 1 N–H and O–H groups in total. The Morgan fingerprint density at radius 1 is 1.29 bits per heavy atom. The molecule has 2 aliphatic rings. The van der Waals surface area contributed by atoms with Crippen molar-refractivity contribution in [3.05, 3.63) is 29.8 Å². The number of likely N-dealkylation sites (tertiary alicyclic amines) is 1. The number of hydrogen-bond donors (Lipinski definition) is 1. The van der Waals surface area contributed by atoms with Gasteiger partial charge in [-0.15, -0.1) is 0 Å². The molecule has 1 aromatic carbocycles. The molecule has 0 spiro atoms. The van der Waals surface area contributed by atoms with Crippen molar-refractivity contribution >= 4 is 11.9 Å². The number of esters is 1. The summed E-state index contributed by atoms with van der Waals surface area (Å²) >= 11 is 0. The fourth-order valence-electron chi connectivity index (χ4n) is 3.40. The fraction of sp³-hybridized carbons (Fsp3) is 0.556. The van der Waals surface area contributed by atoms with E-state index in [-0.39, 0.29) is 11.9 Å². The number of nitrogens with one attached hydrogen (secondary N) is 1. The molecule has 2 heterocycles. The van der Waals surface area contributed by atoms with Gasteiger partial charge in [-0.05, 0) is 37.6 Å². The van der Waals surface area contributed by atoms with Crippen molar-refractivity contribution in [2.45, 2.75) is 25.8 Å². The summed E-state index contributed by atoms with van der Waals surface area (Å²) in [6, 6.07) is 7.37. The van der Waals surface area contributed by atoms with Crippen LogP contribution in [0.25, 0.3) is 0 Å². The average Bonchev–Trinajstić information content (AvgIpc) is 3.09. The molecule has 1 aromatic rings. The normalized spacial score (nSPS) is 23.0. The Morgan fingerprint density at radius 2 is 2.08 bits per heavy atom. The molecule has 6 heteroatoms. The highest BCUT2D eigenvalue weighted by Crippen LogP contribution is 2.25. The Morgan fingerprint density at radius 3 is 2.79 bits per heavy atom. The van der Waals surface area contributed by atoms with E-state index in [0.29, 0.717) is 37.2 Å². The number of ether oxygens (including phenoxy) is 2. The van der Waals surface area contributed by atoms with E-state index < -0.39 is 0 Å². The minimum absolute atomic E-state index is 0.194. The van der Waals surface area contributed by atoms with E-state index in [9.17, 15) is 9.59 Å². The third kappa shape index (κ3) is 4.06. The first-order valence-corrected chi connectivity index (χ1v) is 8.57. The number of fused-ring (bicyclic) bond motifs is 1. The number of amides is 1. The van der Waals surface area contributed by atoms with Crippen molar-refractivity contribution in [3.63, 3.8) is 0 Å². The predicted molar refractivity (Wildman–Crippen MR) is 89.0 cm³/mol. The molecule has 3 rings (SSSR count). The lowest BCUT2D eigenvalue weighted by atomic mass is 10.1. The first-order chi connectivity index (χ1) is 11.7. The summed E-state index contributed by atoms with van der Waals surface area (Å²) in [6.45, 7) is 5.72. The first kappa shape index (κ1) is 16.8. The molecular weight excluding hydrogens is 308 g/mol. The van der Waals surface area contributed by atoms with Crippen LogP contribution in [0.3, 0.4) is 0 Å². The fourth-order valence-corrected chi connectivity index (χ4v) is 3.40. The largest absolute Gasteiger partial charge is 0.494 e. The molecule has 2 atom stereocenters. The molecular formula is C18H24N2O4. The Balaban J connectivity index is 1.35. The third-order valence-corrected chi connectivity index (χ3v) is 4.56. The van der Waals surface area contributed by atoms with Crippen molar-refractivity contribution in [1.29, 1.82) is 0 Å². The third-order valence-electron chi connectivity index (χ3n) is 4.56. The summed E-state index contributed by atoms with van der Waals surface area (Å²) in [5.41, 5.74) is 0.537. The van der Waals surface area contributed by atoms with Gasteiger partial charge in [-0.3, -0.25) is 4.79 Å². The van der Waals surface area contributed by atoms with Crippen LogP contribution in [0, 0.1) is 5.92 Å². The van der Waals surface area contributed by atoms with Gasteiger partial charge in [0.1, 0.15) is 5.75 Å². The van der Waals surface area contributed by atoms with Gasteiger partial charge >= 0.3 is 5.97 Å². The van der Waals surface area contributed by atoms with E-state index in [2.05, 4.69) is 10.2 Å². The van der Waals surface area contributed by atoms with Gasteiger partial charge in [0.15, 0.2) is 0 Å². The molecule has 6 nitrogen and oxygen atoms in total. The molecule has 2 saturated heterocycles. The number of rotatable bonds is 7. The Hall–Kier alpha value is -2.08. The van der Waals surface area contributed by atoms with Crippen molar-refractivity contribution in [3.8, 4) is 5.75 Å². The first-order valence-electron chi connectivity index (χ1n) is 8.57. The topological polar surface area (TPSA) is 67.9 Å². The van der Waals surface area contributed by atoms with Crippen LogP contribution in [0.1, 0.15) is 30.1 Å². The number of benzene rings is 1. The van der Waals surface area contributed by atoms with Crippen LogP contribution in [0.5, 0.6) is 5.75 Å². The van der Waals surface area contributed by atoms with E-state index in [0.717, 1.165) is 31.8 Å². The lowest BCUT2D eigenvalue weighted by molar-refractivity contribution is -0.119. The van der Waals surface area contributed by atoms with Crippen molar-refractivity contribution < 1.29 is 19.1 Å². The second-order valence-corrected chi connectivity index (χ2v) is 6.34. The lowest BCUT2D eigenvalue weighted by Gasteiger charge is -2.16. The van der Waals surface area contributed by atoms with Crippen LogP contribution in [-0.4, -0.2) is 55.7 Å². The molecule has 130 valence electrons. The lowest BCUT2D eigenvalue weighted by Crippen LogP contribution is -2.33. The number of carbonyl (C=O) groups is 2. The molecule has 0 aromatic heterocycles. The minimum atomic E-state index is -0.310. The van der Waals surface area contributed by atoms with Gasteiger partial charge in [-0.2, -0.15) is 0 Å². The molecule has 0 radical (unpaired) electrons. The van der Waals surface area contributed by atoms with Crippen LogP contribution >= 0.6 is 0 Å². The van der Waals surface area contributed by atoms with Gasteiger partial charge in [-0.1, -0.05) is 0 Å². The average molecular weight is 332 g/mol. The van der Waals surface area contributed by atoms with E-state index in [1.165, 1.54) is 0 Å². The standard InChI is InChI=1S/C18H24N2O4/c1-2-23-18(22)13-4-6-15(7-5-13)24-9-3-8-20-11-14-10-17(21)19-16(14)12-20/h4-7,14,16H,2-3,8-12H2,1H3,(H,19,21)/t14-,16+/m0/s1. The molecule has 24 heavy (non-hydrogen) atoms. The summed E-state index contributed by atoms with van der Waals surface area (Å²) < 4.78 is 10.7. The van der Waals surface area contributed by atoms with Crippen LogP contribution in [0.15, 0.2) is 24.3 Å². The summed E-state index contributed by atoms with van der Waals surface area (Å²) in [7, 11) is 0. The highest BCUT2D eigenvalue weighted by Gasteiger charge is 2.39. The van der Waals surface area contributed by atoms with Gasteiger partial charge in [0.05, 0.1) is 18.8 Å². The predicted octanol–water partition coefficient (Wildman–Crippen LogP) is 1.45. The zero-order chi connectivity index (χ0) is 16.9. The zero-order valence-electron chi connectivity index (χ0n) is 14.0. The van der Waals surface area contributed by atoms with Gasteiger partial charge in [0.25, 0.3) is 0 Å². The van der Waals surface area contributed by atoms with Crippen molar-refractivity contribution in [2.75, 3.05) is 32.8 Å². The Bertz CT molecular complexity index is 571. The molecule has 2 aliphatic heterocycles. The summed E-state index contributed by atoms with van der Waals surface area (Å²) in [4.78, 5) is 25.3. The number of hydrogen-bond acceptors (Lipinski definition) is 5. The van der Waals surface area contributed by atoms with Crippen LogP contribution in [-0.2, 0) is 9.53 Å². The maximum absolute atomic E-state index is 11.6. The summed E-state index contributed by atoms with van der Waals surface area (Å²) in [6.07, 6.45) is 1.61. The Labute approximate surface area is 142 Å². The van der Waals surface area contributed by atoms with E-state index in [4.69, 9.17) is 9.47 Å². The van der Waals surface area contributed by atoms with E-state index in [1.54, 1.807) is 31.2 Å². The Kier molecular flexibility index (Phi) is 5.35. The quantitative estimate of drug-likeness (QED) is 0.605. The summed E-state index contributed by atoms with van der Waals surface area (Å²) in [5, 5.41) is 3.04. The molecule has 2 fully saturated rings. The smallest absolute Gasteiger partial charge is 0.338 e. The van der Waals surface area contributed by atoms with Gasteiger partial charge < -0.3 is 19.7 Å². The van der Waals surface area contributed by atoms with Crippen molar-refractivity contribution in [2.24, 2.45) is 5.92 Å². The van der Waals surface area contributed by atoms with Crippen LogP contribution in [0.4, 0.5) is 0 Å². The zero-order valence-corrected chi connectivity index (χ0v) is 14.0. The summed E-state index contributed by atoms with van der Waals surface area (Å²) in [5.74, 6) is 1.12. The maximum atomic E-state index is 11.6. The molecule has 0 unspecified atom stereocenters. The van der Waals surface area contributed by atoms with Gasteiger partial charge in [0, 0.05) is 38.0 Å². The highest BCUT2D eigenvalue weighted by atomic mass is 16.5. The maximum Gasteiger partial charge on any atom is 0.338 e. The number of carbonyl (C=O) groups excluding carboxylic acids is 2. The molecule has 0 aliphatic carbocycles. The highest BCUT2D eigenvalue weighted by molar-refractivity contribution is 5.89. The van der Waals surface area contributed by atoms with Crippen LogP contribution < -0.4 is 10.1 Å². The second-order valence-electron chi connectivity index (χ2n) is 6.34. The van der Waals surface area contributed by atoms with E-state index in [1.807, 2.05) is 0 Å². The number of nitrogens with zero attached hydrogens (tertiary/aromatic N) is 1. The van der Waals surface area contributed by atoms with Crippen LogP contribution in [0.2, 0.25) is 0 Å². The SMILES string of the molecule is CCOC(=O)c1ccc(OCCCN2C[C@@H]3CC(=O)N[C@@H]3C2)cc1. The molecule has 0 bridgehead atoms. The molecule has 1 amide bonds. The molecule has 0 saturated carbocycles. The van der Waals surface area contributed by atoms with Gasteiger partial charge in [-0.25, -0.2) is 4.79 Å². The monoisotopic (exact) mass is 332 g/mol. The second kappa shape index (κ2) is 7.66. The minimum Gasteiger partial charge on any atom is -0.494 e. The van der Waals surface area contributed by atoms with Crippen molar-refractivity contribution in [1.82, 2.24) is 10.2 Å². The van der Waals surface area contributed by atoms with Gasteiger partial charge in [0.2, 0.25) is 5.91 Å².